The van der Waals surface area contributed by atoms with Crippen molar-refractivity contribution in [2.75, 3.05) is 25.2 Å². The number of nitrogens with zero attached hydrogens (tertiary/aromatic N) is 1. The van der Waals surface area contributed by atoms with Crippen molar-refractivity contribution in [3.05, 3.63) is 28.8 Å². The van der Waals surface area contributed by atoms with Crippen LogP contribution in [0.5, 0.6) is 0 Å². The maximum absolute atomic E-state index is 6.18. The van der Waals surface area contributed by atoms with Crippen LogP contribution in [0.15, 0.2) is 18.2 Å². The number of hydrogen-bond donors (Lipinski definition) is 1. The van der Waals surface area contributed by atoms with E-state index in [1.165, 1.54) is 36.9 Å². The summed E-state index contributed by atoms with van der Waals surface area (Å²) in [6.45, 7) is 2.64. The number of methoxy groups -OCH3 is 1. The fourth-order valence-corrected chi connectivity index (χ4v) is 2.79. The summed E-state index contributed by atoms with van der Waals surface area (Å²) in [5.74, 6) is 0. The lowest BCUT2D eigenvalue weighted by Gasteiger charge is -2.27. The average Bonchev–Trinajstić information content (AvgIpc) is 3.32. The first-order valence-corrected chi connectivity index (χ1v) is 7.93. The molecular weight excluding hydrogens is 272 g/mol. The van der Waals surface area contributed by atoms with E-state index in [4.69, 9.17) is 16.3 Å². The Hall–Kier alpha value is -0.770. The fraction of sp³-hybridized carbons (Fsp3) is 0.625. The highest BCUT2D eigenvalue weighted by molar-refractivity contribution is 6.30. The predicted octanol–water partition coefficient (Wildman–Crippen LogP) is 3.21. The first-order chi connectivity index (χ1) is 9.78. The van der Waals surface area contributed by atoms with E-state index in [0.29, 0.717) is 6.04 Å². The summed E-state index contributed by atoms with van der Waals surface area (Å²) in [5, 5.41) is 4.42. The number of anilines is 1. The zero-order valence-corrected chi connectivity index (χ0v) is 12.8. The first kappa shape index (κ1) is 14.2. The van der Waals surface area contributed by atoms with Crippen molar-refractivity contribution >= 4 is 17.3 Å². The molecule has 3 rings (SSSR count). The Labute approximate surface area is 126 Å². The second-order valence-corrected chi connectivity index (χ2v) is 6.28. The van der Waals surface area contributed by atoms with Crippen LogP contribution in [-0.2, 0) is 11.3 Å². The standard InChI is InChI=1S/C16H23ClN2O/c1-20-9-8-19(15-5-6-15)16-7-2-13(17)10-12(16)11-18-14-3-4-14/h2,7,10,14-15,18H,3-6,8-9,11H2,1H3. The van der Waals surface area contributed by atoms with Gasteiger partial charge in [0.05, 0.1) is 6.61 Å². The van der Waals surface area contributed by atoms with Crippen molar-refractivity contribution in [1.82, 2.24) is 5.32 Å². The highest BCUT2D eigenvalue weighted by Crippen LogP contribution is 2.35. The number of benzene rings is 1. The second-order valence-electron chi connectivity index (χ2n) is 5.85. The van der Waals surface area contributed by atoms with Gasteiger partial charge in [-0.05, 0) is 49.4 Å². The maximum Gasteiger partial charge on any atom is 0.0637 e. The zero-order valence-electron chi connectivity index (χ0n) is 12.1. The van der Waals surface area contributed by atoms with Crippen LogP contribution in [0.2, 0.25) is 5.02 Å². The number of halogens is 1. The molecule has 1 N–H and O–H groups in total. The van der Waals surface area contributed by atoms with Crippen LogP contribution in [0, 0.1) is 0 Å². The zero-order chi connectivity index (χ0) is 13.9. The van der Waals surface area contributed by atoms with Gasteiger partial charge in [0, 0.05) is 43.0 Å². The van der Waals surface area contributed by atoms with Gasteiger partial charge in [0.2, 0.25) is 0 Å². The first-order valence-electron chi connectivity index (χ1n) is 7.55. The Morgan fingerprint density at radius 2 is 2.10 bits per heavy atom. The number of hydrogen-bond acceptors (Lipinski definition) is 3. The SMILES string of the molecule is COCCN(c1ccc(Cl)cc1CNC1CC1)C1CC1. The summed E-state index contributed by atoms with van der Waals surface area (Å²) in [7, 11) is 1.77. The largest absolute Gasteiger partial charge is 0.383 e. The van der Waals surface area contributed by atoms with E-state index in [1.54, 1.807) is 7.11 Å². The molecule has 110 valence electrons. The van der Waals surface area contributed by atoms with Gasteiger partial charge in [-0.2, -0.15) is 0 Å². The van der Waals surface area contributed by atoms with Crippen LogP contribution in [-0.4, -0.2) is 32.3 Å². The van der Waals surface area contributed by atoms with E-state index >= 15 is 0 Å². The summed E-state index contributed by atoms with van der Waals surface area (Å²) in [5.41, 5.74) is 2.63. The number of ether oxygens (including phenoxy) is 1. The van der Waals surface area contributed by atoms with E-state index in [2.05, 4.69) is 22.3 Å². The maximum atomic E-state index is 6.18. The van der Waals surface area contributed by atoms with E-state index < -0.39 is 0 Å². The minimum atomic E-state index is 0.686. The van der Waals surface area contributed by atoms with E-state index in [-0.39, 0.29) is 0 Å². The van der Waals surface area contributed by atoms with Crippen LogP contribution in [0.1, 0.15) is 31.2 Å². The third-order valence-corrected chi connectivity index (χ3v) is 4.27. The Balaban J connectivity index is 1.77. The van der Waals surface area contributed by atoms with E-state index in [9.17, 15) is 0 Å². The van der Waals surface area contributed by atoms with Crippen LogP contribution in [0.4, 0.5) is 5.69 Å². The van der Waals surface area contributed by atoms with Crippen molar-refractivity contribution in [2.24, 2.45) is 0 Å². The van der Waals surface area contributed by atoms with Crippen molar-refractivity contribution in [2.45, 2.75) is 44.3 Å². The molecule has 20 heavy (non-hydrogen) atoms. The van der Waals surface area contributed by atoms with Gasteiger partial charge in [-0.25, -0.2) is 0 Å². The molecule has 4 heteroatoms. The summed E-state index contributed by atoms with van der Waals surface area (Å²) < 4.78 is 5.26. The van der Waals surface area contributed by atoms with Gasteiger partial charge in [0.25, 0.3) is 0 Å². The molecule has 0 aliphatic heterocycles. The third kappa shape index (κ3) is 3.66. The lowest BCUT2D eigenvalue weighted by Crippen LogP contribution is -2.31. The number of rotatable bonds is 8. The van der Waals surface area contributed by atoms with Gasteiger partial charge >= 0.3 is 0 Å². The fourth-order valence-electron chi connectivity index (χ4n) is 2.59. The second kappa shape index (κ2) is 6.33. The van der Waals surface area contributed by atoms with Crippen LogP contribution in [0.3, 0.4) is 0 Å². The minimum Gasteiger partial charge on any atom is -0.383 e. The summed E-state index contributed by atoms with van der Waals surface area (Å²) >= 11 is 6.18. The Morgan fingerprint density at radius 3 is 2.75 bits per heavy atom. The van der Waals surface area contributed by atoms with E-state index in [1.807, 2.05) is 6.07 Å². The highest BCUT2D eigenvalue weighted by Gasteiger charge is 2.30. The Morgan fingerprint density at radius 1 is 1.30 bits per heavy atom. The third-order valence-electron chi connectivity index (χ3n) is 4.03. The van der Waals surface area contributed by atoms with E-state index in [0.717, 1.165) is 30.8 Å². The Bertz CT molecular complexity index is 458. The predicted molar refractivity (Wildman–Crippen MR) is 83.6 cm³/mol. The molecule has 0 aromatic heterocycles. The Kier molecular flexibility index (Phi) is 4.49. The molecule has 2 aliphatic rings. The molecule has 2 fully saturated rings. The number of nitrogens with one attached hydrogen (secondary N) is 1. The highest BCUT2D eigenvalue weighted by atomic mass is 35.5. The van der Waals surface area contributed by atoms with Gasteiger partial charge in [-0.15, -0.1) is 0 Å². The van der Waals surface area contributed by atoms with Crippen LogP contribution < -0.4 is 10.2 Å². The van der Waals surface area contributed by atoms with Crippen LogP contribution >= 0.6 is 11.6 Å². The molecule has 3 nitrogen and oxygen atoms in total. The van der Waals surface area contributed by atoms with Gasteiger partial charge in [0.1, 0.15) is 0 Å². The van der Waals surface area contributed by atoms with Crippen LogP contribution in [0.25, 0.3) is 0 Å². The summed E-state index contributed by atoms with van der Waals surface area (Å²) in [6, 6.07) is 7.68. The molecule has 0 amide bonds. The van der Waals surface area contributed by atoms with Crippen molar-refractivity contribution in [1.29, 1.82) is 0 Å². The van der Waals surface area contributed by atoms with Gasteiger partial charge in [-0.1, -0.05) is 11.6 Å². The monoisotopic (exact) mass is 294 g/mol. The molecule has 0 spiro atoms. The van der Waals surface area contributed by atoms with Gasteiger partial charge in [-0.3, -0.25) is 0 Å². The molecule has 1 aromatic carbocycles. The molecule has 1 aromatic rings. The lowest BCUT2D eigenvalue weighted by atomic mass is 10.1. The molecule has 0 atom stereocenters. The topological polar surface area (TPSA) is 24.5 Å². The lowest BCUT2D eigenvalue weighted by molar-refractivity contribution is 0.205. The minimum absolute atomic E-state index is 0.686. The molecule has 2 aliphatic carbocycles. The average molecular weight is 295 g/mol. The van der Waals surface area contributed by atoms with Gasteiger partial charge in [0.15, 0.2) is 0 Å². The summed E-state index contributed by atoms with van der Waals surface area (Å²) in [4.78, 5) is 2.49. The molecule has 0 bridgehead atoms. The normalized spacial score (nSPS) is 18.3. The molecule has 2 saturated carbocycles. The molecule has 0 heterocycles. The molecule has 0 radical (unpaired) electrons. The molecule has 0 unspecified atom stereocenters. The molecule has 0 saturated heterocycles. The smallest absolute Gasteiger partial charge is 0.0637 e. The van der Waals surface area contributed by atoms with Crippen molar-refractivity contribution in [3.63, 3.8) is 0 Å². The van der Waals surface area contributed by atoms with Gasteiger partial charge < -0.3 is 15.0 Å². The molecular formula is C16H23ClN2O. The summed E-state index contributed by atoms with van der Waals surface area (Å²) in [6.07, 6.45) is 5.21. The van der Waals surface area contributed by atoms with Crippen molar-refractivity contribution < 1.29 is 4.74 Å². The quantitative estimate of drug-likeness (QED) is 0.797. The van der Waals surface area contributed by atoms with Crippen molar-refractivity contribution in [3.8, 4) is 0 Å².